The van der Waals surface area contributed by atoms with E-state index in [4.69, 9.17) is 17.0 Å². The summed E-state index contributed by atoms with van der Waals surface area (Å²) in [5, 5.41) is 0. The van der Waals surface area contributed by atoms with Crippen LogP contribution in [0.15, 0.2) is 36.4 Å². The fourth-order valence-corrected chi connectivity index (χ4v) is 3.62. The van der Waals surface area contributed by atoms with Crippen molar-refractivity contribution in [3.8, 4) is 22.8 Å². The standard InChI is InChI=1S/C22H18F3N5O2/c1-27-17-5-3-12(9-15(17)23)21-28-19(22(31)29-8-7-13(26)11-29)20(25)30(21)14-4-6-18(32-2)16(24)10-14/h3-6,9-10,13H,7-8,11,26H2,2H3/t13-/m1/s1. The Morgan fingerprint density at radius 2 is 2.00 bits per heavy atom. The molecule has 3 aromatic rings. The topological polar surface area (TPSA) is 77.7 Å². The van der Waals surface area contributed by atoms with Crippen molar-refractivity contribution in [1.29, 1.82) is 0 Å². The second-order valence-electron chi connectivity index (χ2n) is 7.31. The fraction of sp³-hybridized carbons (Fsp3) is 0.227. The first kappa shape index (κ1) is 21.4. The molecule has 1 aromatic heterocycles. The quantitative estimate of drug-likeness (QED) is 0.627. The Kier molecular flexibility index (Phi) is 5.59. The Hall–Kier alpha value is -3.84. The summed E-state index contributed by atoms with van der Waals surface area (Å²) in [5.41, 5.74) is 5.28. The molecule has 0 bridgehead atoms. The van der Waals surface area contributed by atoms with Gasteiger partial charge in [0, 0.05) is 30.8 Å². The van der Waals surface area contributed by atoms with Gasteiger partial charge in [-0.2, -0.15) is 4.39 Å². The van der Waals surface area contributed by atoms with E-state index in [9.17, 15) is 13.6 Å². The number of rotatable bonds is 4. The van der Waals surface area contributed by atoms with Crippen molar-refractivity contribution in [2.24, 2.45) is 5.73 Å². The van der Waals surface area contributed by atoms with Gasteiger partial charge in [-0.25, -0.2) is 18.6 Å². The van der Waals surface area contributed by atoms with Crippen molar-refractivity contribution in [3.63, 3.8) is 0 Å². The third-order valence-electron chi connectivity index (χ3n) is 5.26. The van der Waals surface area contributed by atoms with Crippen LogP contribution in [0.2, 0.25) is 0 Å². The van der Waals surface area contributed by atoms with Crippen LogP contribution in [0.3, 0.4) is 0 Å². The largest absolute Gasteiger partial charge is 0.494 e. The molecular formula is C22H18F3N5O2. The first-order chi connectivity index (χ1) is 15.3. The van der Waals surface area contributed by atoms with Gasteiger partial charge in [0.2, 0.25) is 11.6 Å². The van der Waals surface area contributed by atoms with Gasteiger partial charge in [-0.3, -0.25) is 9.36 Å². The summed E-state index contributed by atoms with van der Waals surface area (Å²) in [6, 6.07) is 7.13. The Morgan fingerprint density at radius 3 is 2.59 bits per heavy atom. The minimum absolute atomic E-state index is 0.0233. The number of amides is 1. The van der Waals surface area contributed by atoms with E-state index in [1.165, 1.54) is 36.3 Å². The van der Waals surface area contributed by atoms with Gasteiger partial charge in [0.1, 0.15) is 11.6 Å². The number of methoxy groups -OCH3 is 1. The zero-order chi connectivity index (χ0) is 23.0. The number of carbonyl (C=O) groups excluding carboxylic acids is 1. The van der Waals surface area contributed by atoms with Crippen LogP contribution < -0.4 is 10.5 Å². The number of benzene rings is 2. The van der Waals surface area contributed by atoms with E-state index in [-0.39, 0.29) is 41.1 Å². The number of likely N-dealkylation sites (tertiary alicyclic amines) is 1. The van der Waals surface area contributed by atoms with Gasteiger partial charge in [0.25, 0.3) is 5.91 Å². The van der Waals surface area contributed by atoms with Crippen LogP contribution in [0.4, 0.5) is 18.9 Å². The molecule has 4 rings (SSSR count). The lowest BCUT2D eigenvalue weighted by Gasteiger charge is -2.14. The minimum atomic E-state index is -1.02. The molecule has 1 fully saturated rings. The SMILES string of the molecule is [C-]#[N+]c1ccc(-c2nc(C(=O)N3CC[C@@H](N)C3)c(F)n2-c2ccc(OC)c(F)c2)cc1F. The van der Waals surface area contributed by atoms with E-state index in [2.05, 4.69) is 9.83 Å². The number of imidazole rings is 1. The molecule has 0 aliphatic carbocycles. The van der Waals surface area contributed by atoms with Crippen molar-refractivity contribution in [3.05, 3.63) is 71.1 Å². The van der Waals surface area contributed by atoms with Crippen LogP contribution in [0.25, 0.3) is 21.9 Å². The average molecular weight is 441 g/mol. The highest BCUT2D eigenvalue weighted by Gasteiger charge is 2.31. The number of hydrogen-bond donors (Lipinski definition) is 1. The monoisotopic (exact) mass is 441 g/mol. The summed E-state index contributed by atoms with van der Waals surface area (Å²) in [7, 11) is 1.29. The third-order valence-corrected chi connectivity index (χ3v) is 5.26. The van der Waals surface area contributed by atoms with E-state index in [0.717, 1.165) is 16.7 Å². The molecule has 0 radical (unpaired) electrons. The molecule has 0 saturated carbocycles. The molecule has 1 aliphatic rings. The summed E-state index contributed by atoms with van der Waals surface area (Å²) in [6.07, 6.45) is 0.577. The number of hydrogen-bond acceptors (Lipinski definition) is 4. The summed E-state index contributed by atoms with van der Waals surface area (Å²) >= 11 is 0. The van der Waals surface area contributed by atoms with Crippen molar-refractivity contribution in [2.45, 2.75) is 12.5 Å². The first-order valence-corrected chi connectivity index (χ1v) is 9.68. The van der Waals surface area contributed by atoms with Crippen molar-refractivity contribution < 1.29 is 22.7 Å². The van der Waals surface area contributed by atoms with Gasteiger partial charge >= 0.3 is 0 Å². The molecular weight excluding hydrogens is 423 g/mol. The van der Waals surface area contributed by atoms with Crippen LogP contribution in [-0.2, 0) is 0 Å². The summed E-state index contributed by atoms with van der Waals surface area (Å²) < 4.78 is 50.0. The van der Waals surface area contributed by atoms with Gasteiger partial charge in [0.05, 0.1) is 19.4 Å². The predicted molar refractivity (Wildman–Crippen MR) is 110 cm³/mol. The molecule has 7 nitrogen and oxygen atoms in total. The normalized spacial score (nSPS) is 15.6. The van der Waals surface area contributed by atoms with E-state index in [0.29, 0.717) is 13.0 Å². The van der Waals surface area contributed by atoms with E-state index >= 15 is 4.39 Å². The van der Waals surface area contributed by atoms with Crippen LogP contribution in [-0.4, -0.2) is 46.6 Å². The second kappa shape index (κ2) is 8.36. The highest BCUT2D eigenvalue weighted by Crippen LogP contribution is 2.31. The van der Waals surface area contributed by atoms with Crippen molar-refractivity contribution >= 4 is 11.6 Å². The van der Waals surface area contributed by atoms with E-state index in [1.807, 2.05) is 0 Å². The summed E-state index contributed by atoms with van der Waals surface area (Å²) in [4.78, 5) is 21.5. The minimum Gasteiger partial charge on any atom is -0.494 e. The number of aromatic nitrogens is 2. The number of nitrogens with two attached hydrogens (primary N) is 1. The number of halogens is 3. The van der Waals surface area contributed by atoms with Gasteiger partial charge in [-0.1, -0.05) is 12.1 Å². The van der Waals surface area contributed by atoms with Gasteiger partial charge < -0.3 is 15.4 Å². The predicted octanol–water partition coefficient (Wildman–Crippen LogP) is 3.69. The van der Waals surface area contributed by atoms with Crippen LogP contribution >= 0.6 is 0 Å². The number of ether oxygens (including phenoxy) is 1. The highest BCUT2D eigenvalue weighted by atomic mass is 19.1. The summed E-state index contributed by atoms with van der Waals surface area (Å²) in [5.74, 6) is -3.43. The molecule has 1 saturated heterocycles. The molecule has 2 aromatic carbocycles. The van der Waals surface area contributed by atoms with Crippen LogP contribution in [0, 0.1) is 24.2 Å². The van der Waals surface area contributed by atoms with Crippen molar-refractivity contribution in [1.82, 2.24) is 14.5 Å². The highest BCUT2D eigenvalue weighted by molar-refractivity contribution is 5.93. The van der Waals surface area contributed by atoms with Gasteiger partial charge in [0.15, 0.2) is 17.3 Å². The second-order valence-corrected chi connectivity index (χ2v) is 7.31. The molecule has 0 spiro atoms. The maximum atomic E-state index is 15.6. The van der Waals surface area contributed by atoms with Crippen LogP contribution in [0.5, 0.6) is 5.75 Å². The zero-order valence-electron chi connectivity index (χ0n) is 17.0. The van der Waals surface area contributed by atoms with Crippen molar-refractivity contribution in [2.75, 3.05) is 20.2 Å². The fourth-order valence-electron chi connectivity index (χ4n) is 3.62. The van der Waals surface area contributed by atoms with Gasteiger partial charge in [-0.05, 0) is 24.6 Å². The van der Waals surface area contributed by atoms with E-state index < -0.39 is 29.2 Å². The average Bonchev–Trinajstić information content (AvgIpc) is 3.36. The molecule has 1 aliphatic heterocycles. The molecule has 0 unspecified atom stereocenters. The lowest BCUT2D eigenvalue weighted by Crippen LogP contribution is -2.32. The third kappa shape index (κ3) is 3.67. The van der Waals surface area contributed by atoms with E-state index in [1.54, 1.807) is 0 Å². The molecule has 2 N–H and O–H groups in total. The zero-order valence-corrected chi connectivity index (χ0v) is 17.0. The molecule has 32 heavy (non-hydrogen) atoms. The Labute approximate surface area is 181 Å². The number of carbonyl (C=O) groups is 1. The number of nitrogens with zero attached hydrogens (tertiary/aromatic N) is 4. The Morgan fingerprint density at radius 1 is 1.22 bits per heavy atom. The molecule has 2 heterocycles. The first-order valence-electron chi connectivity index (χ1n) is 9.68. The molecule has 10 heteroatoms. The maximum Gasteiger partial charge on any atom is 0.277 e. The lowest BCUT2D eigenvalue weighted by atomic mass is 10.1. The summed E-state index contributed by atoms with van der Waals surface area (Å²) in [6.45, 7) is 7.61. The molecule has 164 valence electrons. The molecule has 1 amide bonds. The smallest absolute Gasteiger partial charge is 0.277 e. The Bertz CT molecular complexity index is 1250. The molecule has 1 atom stereocenters. The Balaban J connectivity index is 1.89. The lowest BCUT2D eigenvalue weighted by molar-refractivity contribution is 0.0780. The van der Waals surface area contributed by atoms with Crippen LogP contribution in [0.1, 0.15) is 16.9 Å². The van der Waals surface area contributed by atoms with Gasteiger partial charge in [-0.15, -0.1) is 0 Å². The maximum absolute atomic E-state index is 15.6.